The number of ether oxygens (including phenoxy) is 2. The molecule has 2 N–H and O–H groups in total. The van der Waals surface area contributed by atoms with Gasteiger partial charge in [-0.1, -0.05) is 5.16 Å². The van der Waals surface area contributed by atoms with Crippen LogP contribution in [0.5, 0.6) is 11.5 Å². The standard InChI is InChI=1S/C12H12F2N2O3/c1-17-9-4-6(12(13)14)3-7(11(9)18-2)8-5-10(15)19-16-8/h3-5,12H,15H2,1-2H3. The molecule has 0 aliphatic rings. The Morgan fingerprint density at radius 3 is 2.42 bits per heavy atom. The molecule has 0 bridgehead atoms. The van der Waals surface area contributed by atoms with E-state index in [1.54, 1.807) is 0 Å². The van der Waals surface area contributed by atoms with Crippen LogP contribution in [0.2, 0.25) is 0 Å². The lowest BCUT2D eigenvalue weighted by Gasteiger charge is -2.13. The van der Waals surface area contributed by atoms with Gasteiger partial charge in [0.15, 0.2) is 11.5 Å². The Hall–Kier alpha value is -2.31. The molecule has 7 heteroatoms. The fraction of sp³-hybridized carbons (Fsp3) is 0.250. The first-order valence-electron chi connectivity index (χ1n) is 5.33. The molecule has 0 aliphatic carbocycles. The third-order valence-corrected chi connectivity index (χ3v) is 2.56. The first-order chi connectivity index (χ1) is 9.06. The van der Waals surface area contributed by atoms with Crippen molar-refractivity contribution in [1.29, 1.82) is 0 Å². The summed E-state index contributed by atoms with van der Waals surface area (Å²) in [5.74, 6) is 0.565. The van der Waals surface area contributed by atoms with Gasteiger partial charge in [-0.2, -0.15) is 0 Å². The van der Waals surface area contributed by atoms with E-state index in [0.717, 1.165) is 0 Å². The van der Waals surface area contributed by atoms with E-state index < -0.39 is 6.43 Å². The predicted octanol–water partition coefficient (Wildman–Crippen LogP) is 2.88. The van der Waals surface area contributed by atoms with Crippen LogP contribution in [0.25, 0.3) is 11.3 Å². The molecule has 0 spiro atoms. The highest BCUT2D eigenvalue weighted by Gasteiger charge is 2.20. The topological polar surface area (TPSA) is 70.5 Å². The Morgan fingerprint density at radius 1 is 1.21 bits per heavy atom. The quantitative estimate of drug-likeness (QED) is 0.924. The number of anilines is 1. The van der Waals surface area contributed by atoms with E-state index in [2.05, 4.69) is 5.16 Å². The number of hydrogen-bond donors (Lipinski definition) is 1. The van der Waals surface area contributed by atoms with Crippen LogP contribution in [0, 0.1) is 0 Å². The summed E-state index contributed by atoms with van der Waals surface area (Å²) < 4.78 is 40.7. The van der Waals surface area contributed by atoms with Crippen LogP contribution in [-0.4, -0.2) is 19.4 Å². The van der Waals surface area contributed by atoms with Crippen LogP contribution in [0.1, 0.15) is 12.0 Å². The van der Waals surface area contributed by atoms with Gasteiger partial charge in [-0.3, -0.25) is 0 Å². The Labute approximate surface area is 107 Å². The van der Waals surface area contributed by atoms with E-state index in [-0.39, 0.29) is 17.2 Å². The summed E-state index contributed by atoms with van der Waals surface area (Å²) in [7, 11) is 2.78. The highest BCUT2D eigenvalue weighted by atomic mass is 19.3. The summed E-state index contributed by atoms with van der Waals surface area (Å²) in [5, 5.41) is 3.69. The largest absolute Gasteiger partial charge is 0.493 e. The van der Waals surface area contributed by atoms with Gasteiger partial charge in [0.05, 0.1) is 19.8 Å². The predicted molar refractivity (Wildman–Crippen MR) is 64.4 cm³/mol. The van der Waals surface area contributed by atoms with Crippen molar-refractivity contribution in [2.75, 3.05) is 20.0 Å². The molecule has 1 heterocycles. The van der Waals surface area contributed by atoms with Crippen LogP contribution >= 0.6 is 0 Å². The van der Waals surface area contributed by atoms with Gasteiger partial charge in [0, 0.05) is 11.6 Å². The van der Waals surface area contributed by atoms with Crippen LogP contribution in [0.3, 0.4) is 0 Å². The number of nitrogens with zero attached hydrogens (tertiary/aromatic N) is 1. The summed E-state index contributed by atoms with van der Waals surface area (Å²) in [6.07, 6.45) is -2.64. The monoisotopic (exact) mass is 270 g/mol. The molecule has 0 saturated heterocycles. The molecule has 2 aromatic rings. The first kappa shape index (κ1) is 13.1. The third-order valence-electron chi connectivity index (χ3n) is 2.56. The van der Waals surface area contributed by atoms with E-state index in [0.29, 0.717) is 17.0 Å². The number of methoxy groups -OCH3 is 2. The number of aromatic nitrogens is 1. The molecule has 0 atom stereocenters. The normalized spacial score (nSPS) is 10.8. The van der Waals surface area contributed by atoms with Crippen molar-refractivity contribution < 1.29 is 22.8 Å². The Bertz CT molecular complexity index is 584. The molecule has 5 nitrogen and oxygen atoms in total. The molecular formula is C12H12F2N2O3. The van der Waals surface area contributed by atoms with E-state index in [9.17, 15) is 8.78 Å². The lowest BCUT2D eigenvalue weighted by Crippen LogP contribution is -1.96. The highest BCUT2D eigenvalue weighted by molar-refractivity contribution is 5.73. The number of benzene rings is 1. The van der Waals surface area contributed by atoms with Crippen molar-refractivity contribution in [2.45, 2.75) is 6.43 Å². The van der Waals surface area contributed by atoms with Gasteiger partial charge in [0.25, 0.3) is 6.43 Å². The molecule has 0 unspecified atom stereocenters. The van der Waals surface area contributed by atoms with Crippen LogP contribution in [0.4, 0.5) is 14.7 Å². The van der Waals surface area contributed by atoms with Gasteiger partial charge in [0.1, 0.15) is 5.69 Å². The zero-order valence-corrected chi connectivity index (χ0v) is 10.3. The first-order valence-corrected chi connectivity index (χ1v) is 5.33. The Balaban J connectivity index is 2.65. The average molecular weight is 270 g/mol. The summed E-state index contributed by atoms with van der Waals surface area (Å²) in [6.45, 7) is 0. The maximum absolute atomic E-state index is 12.9. The van der Waals surface area contributed by atoms with E-state index in [1.165, 1.54) is 32.4 Å². The number of nitrogens with two attached hydrogens (primary N) is 1. The molecule has 1 aromatic heterocycles. The molecule has 102 valence electrons. The molecule has 2 rings (SSSR count). The minimum Gasteiger partial charge on any atom is -0.493 e. The van der Waals surface area contributed by atoms with Gasteiger partial charge in [0.2, 0.25) is 5.88 Å². The Morgan fingerprint density at radius 2 is 1.95 bits per heavy atom. The van der Waals surface area contributed by atoms with Gasteiger partial charge in [-0.15, -0.1) is 0 Å². The maximum Gasteiger partial charge on any atom is 0.264 e. The summed E-state index contributed by atoms with van der Waals surface area (Å²) in [4.78, 5) is 0. The molecule has 0 saturated carbocycles. The molecular weight excluding hydrogens is 258 g/mol. The van der Waals surface area contributed by atoms with Gasteiger partial charge in [-0.25, -0.2) is 8.78 Å². The zero-order chi connectivity index (χ0) is 14.0. The van der Waals surface area contributed by atoms with Gasteiger partial charge >= 0.3 is 0 Å². The van der Waals surface area contributed by atoms with Crippen LogP contribution < -0.4 is 15.2 Å². The number of hydrogen-bond acceptors (Lipinski definition) is 5. The second kappa shape index (κ2) is 5.13. The minimum atomic E-state index is -2.64. The molecule has 0 radical (unpaired) electrons. The number of halogens is 2. The molecule has 0 fully saturated rings. The smallest absolute Gasteiger partial charge is 0.264 e. The summed E-state index contributed by atoms with van der Waals surface area (Å²) in [6, 6.07) is 3.91. The van der Waals surface area contributed by atoms with Crippen molar-refractivity contribution in [3.63, 3.8) is 0 Å². The Kier molecular flexibility index (Phi) is 3.55. The molecule has 19 heavy (non-hydrogen) atoms. The van der Waals surface area contributed by atoms with Crippen molar-refractivity contribution >= 4 is 5.88 Å². The zero-order valence-electron chi connectivity index (χ0n) is 10.3. The van der Waals surface area contributed by atoms with E-state index in [1.807, 2.05) is 0 Å². The second-order valence-electron chi connectivity index (χ2n) is 3.72. The lowest BCUT2D eigenvalue weighted by atomic mass is 10.1. The minimum absolute atomic E-state index is 0.0819. The third kappa shape index (κ3) is 2.44. The highest BCUT2D eigenvalue weighted by Crippen LogP contribution is 2.41. The lowest BCUT2D eigenvalue weighted by molar-refractivity contribution is 0.151. The number of rotatable bonds is 4. The molecule has 0 aliphatic heterocycles. The summed E-state index contributed by atoms with van der Waals surface area (Å²) in [5.41, 5.74) is 5.86. The van der Waals surface area contributed by atoms with Crippen LogP contribution in [-0.2, 0) is 0 Å². The van der Waals surface area contributed by atoms with E-state index in [4.69, 9.17) is 19.7 Å². The summed E-state index contributed by atoms with van der Waals surface area (Å²) >= 11 is 0. The van der Waals surface area contributed by atoms with Crippen molar-refractivity contribution in [2.24, 2.45) is 0 Å². The van der Waals surface area contributed by atoms with Gasteiger partial charge < -0.3 is 19.7 Å². The fourth-order valence-corrected chi connectivity index (χ4v) is 1.72. The number of alkyl halides is 2. The molecule has 1 aromatic carbocycles. The maximum atomic E-state index is 12.9. The van der Waals surface area contributed by atoms with Crippen LogP contribution in [0.15, 0.2) is 22.7 Å². The average Bonchev–Trinajstić information content (AvgIpc) is 2.83. The van der Waals surface area contributed by atoms with Crippen molar-refractivity contribution in [1.82, 2.24) is 5.16 Å². The van der Waals surface area contributed by atoms with E-state index >= 15 is 0 Å². The fourth-order valence-electron chi connectivity index (χ4n) is 1.72. The molecule has 0 amide bonds. The number of nitrogen functional groups attached to an aromatic ring is 1. The SMILES string of the molecule is COc1cc(C(F)F)cc(-c2cc(N)on2)c1OC. The van der Waals surface area contributed by atoms with Crippen molar-refractivity contribution in [3.8, 4) is 22.8 Å². The van der Waals surface area contributed by atoms with Crippen molar-refractivity contribution in [3.05, 3.63) is 23.8 Å². The second-order valence-corrected chi connectivity index (χ2v) is 3.72. The van der Waals surface area contributed by atoms with Gasteiger partial charge in [-0.05, 0) is 12.1 Å².